The number of halogens is 2. The summed E-state index contributed by atoms with van der Waals surface area (Å²) in [6.07, 6.45) is 0.263. The van der Waals surface area contributed by atoms with Gasteiger partial charge < -0.3 is 9.53 Å². The molecule has 0 fully saturated rings. The van der Waals surface area contributed by atoms with Crippen molar-refractivity contribution in [2.24, 2.45) is 0 Å². The lowest BCUT2D eigenvalue weighted by Crippen LogP contribution is -2.07. The van der Waals surface area contributed by atoms with Gasteiger partial charge in [-0.15, -0.1) is 0 Å². The standard InChI is InChI=1S/C19H18F2O3/c1-12-3-8-19(16(9-12)18(23)7-4-13(2)22)24-11-14-5-6-15(20)10-17(14)21/h3,5-6,8-10H,4,7,11H2,1-2H3. The smallest absolute Gasteiger partial charge is 0.167 e. The van der Waals surface area contributed by atoms with E-state index in [1.54, 1.807) is 18.2 Å². The van der Waals surface area contributed by atoms with Crippen molar-refractivity contribution in [2.45, 2.75) is 33.3 Å². The van der Waals surface area contributed by atoms with Crippen molar-refractivity contribution in [3.8, 4) is 5.75 Å². The van der Waals surface area contributed by atoms with Gasteiger partial charge in [0.2, 0.25) is 0 Å². The number of hydrogen-bond donors (Lipinski definition) is 0. The molecule has 0 unspecified atom stereocenters. The number of hydrogen-bond acceptors (Lipinski definition) is 3. The van der Waals surface area contributed by atoms with Crippen LogP contribution in [0.3, 0.4) is 0 Å². The normalized spacial score (nSPS) is 10.5. The molecule has 0 heterocycles. The van der Waals surface area contributed by atoms with Gasteiger partial charge in [0.25, 0.3) is 0 Å². The number of rotatable bonds is 7. The van der Waals surface area contributed by atoms with Crippen molar-refractivity contribution in [3.63, 3.8) is 0 Å². The largest absolute Gasteiger partial charge is 0.488 e. The molecule has 0 aromatic heterocycles. The van der Waals surface area contributed by atoms with E-state index in [1.807, 2.05) is 6.92 Å². The monoisotopic (exact) mass is 332 g/mol. The zero-order chi connectivity index (χ0) is 17.7. The third-order valence-corrected chi connectivity index (χ3v) is 3.54. The number of aryl methyl sites for hydroxylation is 1. The van der Waals surface area contributed by atoms with Gasteiger partial charge in [-0.1, -0.05) is 11.6 Å². The van der Waals surface area contributed by atoms with E-state index >= 15 is 0 Å². The first-order valence-electron chi connectivity index (χ1n) is 7.57. The first-order valence-corrected chi connectivity index (χ1v) is 7.57. The van der Waals surface area contributed by atoms with Crippen LogP contribution in [0.4, 0.5) is 8.78 Å². The molecule has 0 aliphatic carbocycles. The molecule has 0 N–H and O–H groups in total. The van der Waals surface area contributed by atoms with Gasteiger partial charge in [0.15, 0.2) is 5.78 Å². The van der Waals surface area contributed by atoms with Crippen LogP contribution in [0, 0.1) is 18.6 Å². The molecule has 24 heavy (non-hydrogen) atoms. The Morgan fingerprint density at radius 3 is 2.46 bits per heavy atom. The van der Waals surface area contributed by atoms with Crippen molar-refractivity contribution in [1.82, 2.24) is 0 Å². The van der Waals surface area contributed by atoms with Crippen molar-refractivity contribution in [2.75, 3.05) is 0 Å². The summed E-state index contributed by atoms with van der Waals surface area (Å²) in [6.45, 7) is 3.14. The Kier molecular flexibility index (Phi) is 5.79. The van der Waals surface area contributed by atoms with Crippen LogP contribution in [-0.4, -0.2) is 11.6 Å². The molecule has 0 saturated carbocycles. The van der Waals surface area contributed by atoms with Gasteiger partial charge in [0, 0.05) is 24.5 Å². The zero-order valence-electron chi connectivity index (χ0n) is 13.6. The molecule has 0 saturated heterocycles. The van der Waals surface area contributed by atoms with E-state index in [1.165, 1.54) is 13.0 Å². The minimum atomic E-state index is -0.702. The SMILES string of the molecule is CC(=O)CCC(=O)c1cc(C)ccc1OCc1ccc(F)cc1F. The average Bonchev–Trinajstić information content (AvgIpc) is 2.52. The van der Waals surface area contributed by atoms with Gasteiger partial charge in [0.05, 0.1) is 5.56 Å². The Hall–Kier alpha value is -2.56. The molecule has 3 nitrogen and oxygen atoms in total. The Morgan fingerprint density at radius 1 is 1.04 bits per heavy atom. The fourth-order valence-electron chi connectivity index (χ4n) is 2.21. The van der Waals surface area contributed by atoms with Crippen LogP contribution in [0.15, 0.2) is 36.4 Å². The Labute approximate surface area is 139 Å². The van der Waals surface area contributed by atoms with Crippen molar-refractivity contribution < 1.29 is 23.1 Å². The summed E-state index contributed by atoms with van der Waals surface area (Å²) in [7, 11) is 0. The summed E-state index contributed by atoms with van der Waals surface area (Å²) < 4.78 is 32.1. The van der Waals surface area contributed by atoms with Crippen LogP contribution in [0.2, 0.25) is 0 Å². The lowest BCUT2D eigenvalue weighted by molar-refractivity contribution is -0.116. The van der Waals surface area contributed by atoms with Crippen LogP contribution in [0.1, 0.15) is 41.3 Å². The number of ketones is 2. The fourth-order valence-corrected chi connectivity index (χ4v) is 2.21. The molecule has 0 atom stereocenters. The summed E-state index contributed by atoms with van der Waals surface area (Å²) in [4.78, 5) is 23.3. The third kappa shape index (κ3) is 4.72. The van der Waals surface area contributed by atoms with E-state index in [-0.39, 0.29) is 36.6 Å². The molecule has 0 aliphatic rings. The topological polar surface area (TPSA) is 43.4 Å². The van der Waals surface area contributed by atoms with E-state index in [2.05, 4.69) is 0 Å². The van der Waals surface area contributed by atoms with Gasteiger partial charge in [0.1, 0.15) is 29.8 Å². The highest BCUT2D eigenvalue weighted by molar-refractivity contribution is 6.00. The zero-order valence-corrected chi connectivity index (χ0v) is 13.6. The molecule has 2 aromatic carbocycles. The van der Waals surface area contributed by atoms with Gasteiger partial charge in [-0.2, -0.15) is 0 Å². The second-order valence-electron chi connectivity index (χ2n) is 5.65. The Balaban J connectivity index is 2.17. The molecular formula is C19H18F2O3. The number of carbonyl (C=O) groups is 2. The van der Waals surface area contributed by atoms with Gasteiger partial charge in [-0.05, 0) is 38.1 Å². The molecular weight excluding hydrogens is 314 g/mol. The van der Waals surface area contributed by atoms with Crippen molar-refractivity contribution in [3.05, 3.63) is 64.7 Å². The van der Waals surface area contributed by atoms with Crippen LogP contribution in [0.5, 0.6) is 5.75 Å². The predicted octanol–water partition coefficient (Wildman–Crippen LogP) is 4.40. The maximum Gasteiger partial charge on any atom is 0.167 e. The fraction of sp³-hybridized carbons (Fsp3) is 0.263. The molecule has 5 heteroatoms. The minimum Gasteiger partial charge on any atom is -0.488 e. The van der Waals surface area contributed by atoms with E-state index in [4.69, 9.17) is 4.74 Å². The van der Waals surface area contributed by atoms with Gasteiger partial charge in [-0.3, -0.25) is 4.79 Å². The summed E-state index contributed by atoms with van der Waals surface area (Å²) in [5.74, 6) is -1.31. The summed E-state index contributed by atoms with van der Waals surface area (Å²) in [5.41, 5.74) is 1.43. The highest BCUT2D eigenvalue weighted by Gasteiger charge is 2.14. The third-order valence-electron chi connectivity index (χ3n) is 3.54. The van der Waals surface area contributed by atoms with Gasteiger partial charge in [-0.25, -0.2) is 8.78 Å². The van der Waals surface area contributed by atoms with E-state index in [9.17, 15) is 18.4 Å². The number of Topliss-reactive ketones (excluding diaryl/α,β-unsaturated/α-hetero) is 2. The van der Waals surface area contributed by atoms with Crippen LogP contribution >= 0.6 is 0 Å². The molecule has 2 rings (SSSR count). The molecule has 0 bridgehead atoms. The first-order chi connectivity index (χ1) is 11.4. The van der Waals surface area contributed by atoms with Gasteiger partial charge >= 0.3 is 0 Å². The molecule has 0 spiro atoms. The summed E-state index contributed by atoms with van der Waals surface area (Å²) in [5, 5.41) is 0. The Bertz CT molecular complexity index is 769. The molecule has 0 aliphatic heterocycles. The summed E-state index contributed by atoms with van der Waals surface area (Å²) in [6, 6.07) is 8.33. The van der Waals surface area contributed by atoms with Crippen LogP contribution < -0.4 is 4.74 Å². The lowest BCUT2D eigenvalue weighted by Gasteiger charge is -2.12. The van der Waals surface area contributed by atoms with Crippen molar-refractivity contribution in [1.29, 1.82) is 0 Å². The number of ether oxygens (including phenoxy) is 1. The average molecular weight is 332 g/mol. The quantitative estimate of drug-likeness (QED) is 0.706. The summed E-state index contributed by atoms with van der Waals surface area (Å²) >= 11 is 0. The minimum absolute atomic E-state index is 0.0631. The van der Waals surface area contributed by atoms with Crippen molar-refractivity contribution >= 4 is 11.6 Å². The maximum absolute atomic E-state index is 13.7. The predicted molar refractivity (Wildman–Crippen MR) is 86.1 cm³/mol. The highest BCUT2D eigenvalue weighted by atomic mass is 19.1. The highest BCUT2D eigenvalue weighted by Crippen LogP contribution is 2.24. The van der Waals surface area contributed by atoms with E-state index in [0.29, 0.717) is 11.3 Å². The van der Waals surface area contributed by atoms with E-state index < -0.39 is 11.6 Å². The molecule has 0 radical (unpaired) electrons. The molecule has 126 valence electrons. The van der Waals surface area contributed by atoms with Crippen LogP contribution in [0.25, 0.3) is 0 Å². The molecule has 0 amide bonds. The number of carbonyl (C=O) groups excluding carboxylic acids is 2. The lowest BCUT2D eigenvalue weighted by atomic mass is 10.0. The Morgan fingerprint density at radius 2 is 1.79 bits per heavy atom. The van der Waals surface area contributed by atoms with E-state index in [0.717, 1.165) is 17.7 Å². The molecule has 2 aromatic rings. The number of benzene rings is 2. The van der Waals surface area contributed by atoms with Crippen LogP contribution in [-0.2, 0) is 11.4 Å². The maximum atomic E-state index is 13.7. The second-order valence-corrected chi connectivity index (χ2v) is 5.65. The first kappa shape index (κ1) is 17.8. The second kappa shape index (κ2) is 7.81.